The minimum absolute atomic E-state index is 0.133. The minimum Gasteiger partial charge on any atom is -0.496 e. The number of nitrogens with zero attached hydrogens (tertiary/aromatic N) is 1. The predicted molar refractivity (Wildman–Crippen MR) is 83.2 cm³/mol. The smallest absolute Gasteiger partial charge is 0.265 e. The number of hydrogen-bond acceptors (Lipinski definition) is 5. The Morgan fingerprint density at radius 3 is 2.23 bits per heavy atom. The van der Waals surface area contributed by atoms with Crippen LogP contribution in [0.2, 0.25) is 0 Å². The first kappa shape index (κ1) is 16.2. The van der Waals surface area contributed by atoms with Crippen LogP contribution in [0.5, 0.6) is 11.5 Å². The molecule has 0 saturated carbocycles. The van der Waals surface area contributed by atoms with E-state index >= 15 is 0 Å². The van der Waals surface area contributed by atoms with Gasteiger partial charge in [0.1, 0.15) is 16.4 Å². The molecule has 22 heavy (non-hydrogen) atoms. The molecule has 0 aliphatic heterocycles. The fraction of sp³-hybridized carbons (Fsp3) is 0.357. The monoisotopic (exact) mass is 325 g/mol. The molecule has 8 heteroatoms. The molecule has 0 aliphatic carbocycles. The third-order valence-electron chi connectivity index (χ3n) is 3.29. The Balaban J connectivity index is 2.50. The molecule has 0 bridgehead atoms. The highest BCUT2D eigenvalue weighted by molar-refractivity contribution is 7.92. The average molecular weight is 325 g/mol. The zero-order valence-corrected chi connectivity index (χ0v) is 14.0. The number of ether oxygens (including phenoxy) is 2. The molecule has 2 aromatic rings. The van der Waals surface area contributed by atoms with Crippen LogP contribution < -0.4 is 14.2 Å². The molecule has 0 saturated heterocycles. The van der Waals surface area contributed by atoms with Gasteiger partial charge in [-0.05, 0) is 32.4 Å². The largest absolute Gasteiger partial charge is 0.496 e. The lowest BCUT2D eigenvalue weighted by Gasteiger charge is -2.15. The molecule has 0 fully saturated rings. The van der Waals surface area contributed by atoms with E-state index in [1.807, 2.05) is 6.92 Å². The molecule has 2 N–H and O–H groups in total. The summed E-state index contributed by atoms with van der Waals surface area (Å²) in [5.74, 6) is 0.986. The number of nitrogens with one attached hydrogen (secondary N) is 2. The maximum absolute atomic E-state index is 12.6. The topological polar surface area (TPSA) is 93.3 Å². The quantitative estimate of drug-likeness (QED) is 0.878. The lowest BCUT2D eigenvalue weighted by molar-refractivity contribution is 0.402. The van der Waals surface area contributed by atoms with Gasteiger partial charge in [-0.15, -0.1) is 0 Å². The second-order valence-corrected chi connectivity index (χ2v) is 6.51. The summed E-state index contributed by atoms with van der Waals surface area (Å²) in [6.45, 7) is 5.14. The molecule has 7 nitrogen and oxygen atoms in total. The van der Waals surface area contributed by atoms with Crippen LogP contribution in [-0.2, 0) is 10.0 Å². The van der Waals surface area contributed by atoms with Gasteiger partial charge in [-0.2, -0.15) is 5.10 Å². The van der Waals surface area contributed by atoms with Crippen molar-refractivity contribution in [3.63, 3.8) is 0 Å². The summed E-state index contributed by atoms with van der Waals surface area (Å²) < 4.78 is 38.2. The number of H-pyrrole nitrogens is 1. The van der Waals surface area contributed by atoms with Crippen molar-refractivity contribution in [2.75, 3.05) is 18.9 Å². The Kier molecular flexibility index (Phi) is 4.32. The van der Waals surface area contributed by atoms with Gasteiger partial charge in [-0.25, -0.2) is 8.42 Å². The van der Waals surface area contributed by atoms with Crippen molar-refractivity contribution in [1.82, 2.24) is 10.2 Å². The number of rotatable bonds is 5. The first-order valence-corrected chi connectivity index (χ1v) is 8.05. The first-order chi connectivity index (χ1) is 10.3. The number of hydrogen-bond donors (Lipinski definition) is 2. The molecule has 1 heterocycles. The van der Waals surface area contributed by atoms with E-state index in [1.165, 1.54) is 14.2 Å². The highest BCUT2D eigenvalue weighted by Crippen LogP contribution is 2.34. The molecule has 0 amide bonds. The van der Waals surface area contributed by atoms with Crippen molar-refractivity contribution < 1.29 is 17.9 Å². The van der Waals surface area contributed by atoms with E-state index in [9.17, 15) is 8.42 Å². The number of aromatic nitrogens is 2. The lowest BCUT2D eigenvalue weighted by Crippen LogP contribution is -2.15. The molecular weight excluding hydrogens is 306 g/mol. The third kappa shape index (κ3) is 2.87. The molecule has 0 aliphatic rings. The zero-order chi connectivity index (χ0) is 16.5. The van der Waals surface area contributed by atoms with Gasteiger partial charge < -0.3 is 9.47 Å². The van der Waals surface area contributed by atoms with Gasteiger partial charge in [-0.3, -0.25) is 9.82 Å². The van der Waals surface area contributed by atoms with Crippen LogP contribution in [-0.4, -0.2) is 32.8 Å². The van der Waals surface area contributed by atoms with Gasteiger partial charge in [0.15, 0.2) is 0 Å². The second kappa shape index (κ2) is 5.88. The first-order valence-electron chi connectivity index (χ1n) is 6.57. The van der Waals surface area contributed by atoms with Gasteiger partial charge in [0, 0.05) is 6.07 Å². The van der Waals surface area contributed by atoms with E-state index in [1.54, 1.807) is 26.0 Å². The van der Waals surface area contributed by atoms with Crippen LogP contribution >= 0.6 is 0 Å². The molecule has 1 aromatic carbocycles. The number of anilines is 1. The summed E-state index contributed by atoms with van der Waals surface area (Å²) in [6, 6.07) is 3.31. The lowest BCUT2D eigenvalue weighted by atomic mass is 10.2. The summed E-state index contributed by atoms with van der Waals surface area (Å²) in [5.41, 5.74) is 2.04. The zero-order valence-electron chi connectivity index (χ0n) is 13.1. The highest BCUT2D eigenvalue weighted by Gasteiger charge is 2.24. The van der Waals surface area contributed by atoms with Gasteiger partial charge in [0.05, 0.1) is 31.3 Å². The number of aryl methyl sites for hydroxylation is 3. The molecule has 0 atom stereocenters. The predicted octanol–water partition coefficient (Wildman–Crippen LogP) is 2.15. The number of benzene rings is 1. The van der Waals surface area contributed by atoms with Crippen molar-refractivity contribution in [2.45, 2.75) is 25.7 Å². The van der Waals surface area contributed by atoms with Crippen LogP contribution in [0.25, 0.3) is 0 Å². The Morgan fingerprint density at radius 2 is 1.73 bits per heavy atom. The van der Waals surface area contributed by atoms with Gasteiger partial charge >= 0.3 is 0 Å². The fourth-order valence-corrected chi connectivity index (χ4v) is 3.70. The Labute approximate surface area is 129 Å². The number of sulfonamides is 1. The maximum Gasteiger partial charge on any atom is 0.265 e. The Morgan fingerprint density at radius 1 is 1.09 bits per heavy atom. The molecular formula is C14H19N3O4S. The van der Waals surface area contributed by atoms with Gasteiger partial charge in [0.25, 0.3) is 10.0 Å². The van der Waals surface area contributed by atoms with Crippen LogP contribution in [0.1, 0.15) is 17.0 Å². The normalized spacial score (nSPS) is 11.3. The van der Waals surface area contributed by atoms with Crippen molar-refractivity contribution in [1.29, 1.82) is 0 Å². The van der Waals surface area contributed by atoms with Crippen molar-refractivity contribution in [2.24, 2.45) is 0 Å². The second-order valence-electron chi connectivity index (χ2n) is 4.89. The van der Waals surface area contributed by atoms with Crippen LogP contribution in [0, 0.1) is 20.8 Å². The minimum atomic E-state index is -3.78. The summed E-state index contributed by atoms with van der Waals surface area (Å²) in [4.78, 5) is 0.133. The van der Waals surface area contributed by atoms with Crippen LogP contribution in [0.15, 0.2) is 17.0 Å². The molecule has 0 radical (unpaired) electrons. The maximum atomic E-state index is 12.6. The standard InChI is InChI=1S/C14H19N3O4S/c1-8-6-13(21-5)11(7-12(8)20-4)17-22(18,19)14-9(2)15-16-10(14)3/h6-7,17H,1-5H3,(H,15,16). The van der Waals surface area contributed by atoms with E-state index in [0.29, 0.717) is 28.6 Å². The fourth-order valence-electron chi connectivity index (χ4n) is 2.26. The number of aromatic amines is 1. The number of methoxy groups -OCH3 is 2. The average Bonchev–Trinajstić information content (AvgIpc) is 2.80. The highest BCUT2D eigenvalue weighted by atomic mass is 32.2. The van der Waals surface area contributed by atoms with E-state index in [0.717, 1.165) is 5.56 Å². The van der Waals surface area contributed by atoms with E-state index in [-0.39, 0.29) is 4.90 Å². The molecule has 0 unspecified atom stereocenters. The molecule has 1 aromatic heterocycles. The summed E-state index contributed by atoms with van der Waals surface area (Å²) >= 11 is 0. The van der Waals surface area contributed by atoms with Crippen molar-refractivity contribution in [3.8, 4) is 11.5 Å². The van der Waals surface area contributed by atoms with E-state index < -0.39 is 10.0 Å². The SMILES string of the molecule is COc1cc(NS(=O)(=O)c2c(C)n[nH]c2C)c(OC)cc1C. The van der Waals surface area contributed by atoms with Crippen molar-refractivity contribution in [3.05, 3.63) is 29.1 Å². The van der Waals surface area contributed by atoms with Crippen molar-refractivity contribution >= 4 is 15.7 Å². The molecule has 0 spiro atoms. The summed E-state index contributed by atoms with van der Waals surface area (Å²) in [5, 5.41) is 6.58. The Hall–Kier alpha value is -2.22. The van der Waals surface area contributed by atoms with E-state index in [4.69, 9.17) is 9.47 Å². The Bertz CT molecular complexity index is 777. The third-order valence-corrected chi connectivity index (χ3v) is 4.92. The summed E-state index contributed by atoms with van der Waals surface area (Å²) in [7, 11) is -0.776. The summed E-state index contributed by atoms with van der Waals surface area (Å²) in [6.07, 6.45) is 0. The van der Waals surface area contributed by atoms with E-state index in [2.05, 4.69) is 14.9 Å². The van der Waals surface area contributed by atoms with Gasteiger partial charge in [0.2, 0.25) is 0 Å². The van der Waals surface area contributed by atoms with Gasteiger partial charge in [-0.1, -0.05) is 0 Å². The van der Waals surface area contributed by atoms with Crippen LogP contribution in [0.4, 0.5) is 5.69 Å². The molecule has 120 valence electrons. The van der Waals surface area contributed by atoms with Crippen LogP contribution in [0.3, 0.4) is 0 Å². The molecule has 2 rings (SSSR count).